The number of rotatable bonds is 4. The molecule has 6 heteroatoms. The molecule has 0 radical (unpaired) electrons. The van der Waals surface area contributed by atoms with Crippen molar-refractivity contribution >= 4 is 17.2 Å². The van der Waals surface area contributed by atoms with Crippen LogP contribution in [-0.2, 0) is 9.53 Å². The van der Waals surface area contributed by atoms with E-state index in [-0.39, 0.29) is 5.69 Å². The van der Waals surface area contributed by atoms with Crippen LogP contribution in [0.1, 0.15) is 5.56 Å². The van der Waals surface area contributed by atoms with Crippen molar-refractivity contribution in [3.8, 4) is 0 Å². The number of carbonyl (C=O) groups excluding carboxylic acids is 1. The number of ether oxygens (including phenoxy) is 1. The zero-order chi connectivity index (χ0) is 13.7. The van der Waals surface area contributed by atoms with Crippen molar-refractivity contribution in [1.29, 1.82) is 0 Å². The summed E-state index contributed by atoms with van der Waals surface area (Å²) in [7, 11) is 4.83. The fraction of sp³-hybridized carbons (Fsp3) is 0.250. The molecular formula is C12H14N2O4. The normalized spacial score (nSPS) is 10.9. The lowest BCUT2D eigenvalue weighted by molar-refractivity contribution is -0.384. The Morgan fingerprint density at radius 3 is 2.28 bits per heavy atom. The van der Waals surface area contributed by atoms with Crippen molar-refractivity contribution in [2.24, 2.45) is 0 Å². The first-order chi connectivity index (χ1) is 8.45. The summed E-state index contributed by atoms with van der Waals surface area (Å²) in [5, 5.41) is 10.5. The molecule has 96 valence electrons. The maximum absolute atomic E-state index is 11.6. The fourth-order valence-electron chi connectivity index (χ4n) is 1.38. The molecule has 0 spiro atoms. The minimum absolute atomic E-state index is 0.0205. The third kappa shape index (κ3) is 3.31. The van der Waals surface area contributed by atoms with Crippen molar-refractivity contribution in [2.45, 2.75) is 0 Å². The Morgan fingerprint density at radius 2 is 1.89 bits per heavy atom. The Kier molecular flexibility index (Phi) is 4.42. The predicted molar refractivity (Wildman–Crippen MR) is 66.8 cm³/mol. The van der Waals surface area contributed by atoms with Gasteiger partial charge in [0.1, 0.15) is 0 Å². The molecule has 0 fully saturated rings. The topological polar surface area (TPSA) is 72.7 Å². The number of esters is 1. The van der Waals surface area contributed by atoms with E-state index in [1.54, 1.807) is 25.2 Å². The first-order valence-electron chi connectivity index (χ1n) is 5.17. The third-order valence-electron chi connectivity index (χ3n) is 2.18. The number of methoxy groups -OCH3 is 1. The van der Waals surface area contributed by atoms with Crippen LogP contribution >= 0.6 is 0 Å². The van der Waals surface area contributed by atoms with Crippen LogP contribution in [0.3, 0.4) is 0 Å². The van der Waals surface area contributed by atoms with E-state index in [1.807, 2.05) is 0 Å². The molecule has 0 N–H and O–H groups in total. The number of nitro benzene ring substituents is 1. The quantitative estimate of drug-likeness (QED) is 0.352. The lowest BCUT2D eigenvalue weighted by Crippen LogP contribution is -2.10. The van der Waals surface area contributed by atoms with Gasteiger partial charge in [0.15, 0.2) is 0 Å². The maximum atomic E-state index is 11.6. The van der Waals surface area contributed by atoms with Gasteiger partial charge < -0.3 is 9.64 Å². The molecule has 1 aromatic rings. The van der Waals surface area contributed by atoms with Gasteiger partial charge in [0.05, 0.1) is 17.6 Å². The summed E-state index contributed by atoms with van der Waals surface area (Å²) in [5.41, 5.74) is 0.895. The number of hydrogen-bond donors (Lipinski definition) is 0. The van der Waals surface area contributed by atoms with Gasteiger partial charge in [0.25, 0.3) is 5.69 Å². The summed E-state index contributed by atoms with van der Waals surface area (Å²) in [6.45, 7) is 0. The molecule has 0 aliphatic rings. The van der Waals surface area contributed by atoms with Crippen molar-refractivity contribution in [3.63, 3.8) is 0 Å². The molecule has 6 nitrogen and oxygen atoms in total. The molecular weight excluding hydrogens is 236 g/mol. The van der Waals surface area contributed by atoms with Gasteiger partial charge in [0, 0.05) is 32.4 Å². The zero-order valence-corrected chi connectivity index (χ0v) is 10.4. The van der Waals surface area contributed by atoms with Crippen LogP contribution in [-0.4, -0.2) is 37.0 Å². The first-order valence-corrected chi connectivity index (χ1v) is 5.17. The molecule has 0 atom stereocenters. The van der Waals surface area contributed by atoms with Crippen molar-refractivity contribution in [2.75, 3.05) is 21.2 Å². The minimum atomic E-state index is -0.489. The highest BCUT2D eigenvalue weighted by atomic mass is 16.6. The third-order valence-corrected chi connectivity index (χ3v) is 2.18. The fourth-order valence-corrected chi connectivity index (χ4v) is 1.38. The molecule has 0 aromatic heterocycles. The van der Waals surface area contributed by atoms with E-state index in [0.29, 0.717) is 11.1 Å². The molecule has 0 aliphatic heterocycles. The van der Waals surface area contributed by atoms with Gasteiger partial charge in [-0.25, -0.2) is 4.79 Å². The number of benzene rings is 1. The van der Waals surface area contributed by atoms with Gasteiger partial charge in [-0.1, -0.05) is 0 Å². The van der Waals surface area contributed by atoms with Crippen LogP contribution in [0.25, 0.3) is 5.57 Å². The molecule has 0 unspecified atom stereocenters. The highest BCUT2D eigenvalue weighted by Crippen LogP contribution is 2.20. The van der Waals surface area contributed by atoms with E-state index in [2.05, 4.69) is 4.74 Å². The van der Waals surface area contributed by atoms with Crippen LogP contribution in [0.2, 0.25) is 0 Å². The largest absolute Gasteiger partial charge is 0.465 e. The Hall–Kier alpha value is -2.37. The van der Waals surface area contributed by atoms with Crippen LogP contribution < -0.4 is 0 Å². The van der Waals surface area contributed by atoms with Crippen molar-refractivity contribution in [3.05, 3.63) is 46.1 Å². The van der Waals surface area contributed by atoms with E-state index >= 15 is 0 Å². The van der Waals surface area contributed by atoms with Crippen molar-refractivity contribution in [1.82, 2.24) is 4.90 Å². The smallest absolute Gasteiger partial charge is 0.339 e. The second-order valence-corrected chi connectivity index (χ2v) is 3.80. The minimum Gasteiger partial charge on any atom is -0.465 e. The summed E-state index contributed by atoms with van der Waals surface area (Å²) < 4.78 is 4.68. The molecule has 18 heavy (non-hydrogen) atoms. The van der Waals surface area contributed by atoms with E-state index in [1.165, 1.54) is 31.4 Å². The standard InChI is InChI=1S/C12H14N2O4/c1-13(2)8-11(12(15)18-3)9-4-6-10(7-5-9)14(16)17/h4-8H,1-3H3. The summed E-state index contributed by atoms with van der Waals surface area (Å²) in [5.74, 6) is -0.488. The highest BCUT2D eigenvalue weighted by molar-refractivity contribution is 6.16. The summed E-state index contributed by atoms with van der Waals surface area (Å²) in [6, 6.07) is 5.73. The summed E-state index contributed by atoms with van der Waals surface area (Å²) in [4.78, 5) is 23.4. The van der Waals surface area contributed by atoms with Gasteiger partial charge in [-0.05, 0) is 17.7 Å². The lowest BCUT2D eigenvalue weighted by atomic mass is 10.1. The predicted octanol–water partition coefficient (Wildman–Crippen LogP) is 1.67. The number of carbonyl (C=O) groups is 1. The Morgan fingerprint density at radius 1 is 1.33 bits per heavy atom. The number of nitro groups is 1. The van der Waals surface area contributed by atoms with E-state index < -0.39 is 10.9 Å². The van der Waals surface area contributed by atoms with Gasteiger partial charge in [-0.3, -0.25) is 10.1 Å². The van der Waals surface area contributed by atoms with E-state index in [4.69, 9.17) is 0 Å². The highest BCUT2D eigenvalue weighted by Gasteiger charge is 2.14. The molecule has 0 saturated carbocycles. The first kappa shape index (κ1) is 13.7. The number of non-ortho nitro benzene ring substituents is 1. The van der Waals surface area contributed by atoms with E-state index in [0.717, 1.165) is 0 Å². The molecule has 0 heterocycles. The number of nitrogens with zero attached hydrogens (tertiary/aromatic N) is 2. The van der Waals surface area contributed by atoms with E-state index in [9.17, 15) is 14.9 Å². The second-order valence-electron chi connectivity index (χ2n) is 3.80. The van der Waals surface area contributed by atoms with Crippen LogP contribution in [0.15, 0.2) is 30.5 Å². The average Bonchev–Trinajstić information content (AvgIpc) is 2.35. The second kappa shape index (κ2) is 5.81. The molecule has 0 aliphatic carbocycles. The Bertz CT molecular complexity index is 477. The molecule has 1 rings (SSSR count). The average molecular weight is 250 g/mol. The van der Waals surface area contributed by atoms with Gasteiger partial charge in [-0.15, -0.1) is 0 Å². The van der Waals surface area contributed by atoms with Crippen LogP contribution in [0.4, 0.5) is 5.69 Å². The zero-order valence-electron chi connectivity index (χ0n) is 10.4. The van der Waals surface area contributed by atoms with Crippen LogP contribution in [0.5, 0.6) is 0 Å². The maximum Gasteiger partial charge on any atom is 0.339 e. The molecule has 1 aromatic carbocycles. The summed E-state index contributed by atoms with van der Waals surface area (Å²) in [6.07, 6.45) is 1.60. The SMILES string of the molecule is COC(=O)C(=CN(C)C)c1ccc([N+](=O)[O-])cc1. The number of hydrogen-bond acceptors (Lipinski definition) is 5. The molecule has 0 bridgehead atoms. The molecule has 0 amide bonds. The van der Waals surface area contributed by atoms with Crippen LogP contribution in [0, 0.1) is 10.1 Å². The Balaban J connectivity index is 3.14. The lowest BCUT2D eigenvalue weighted by Gasteiger charge is -2.10. The molecule has 0 saturated heterocycles. The van der Waals surface area contributed by atoms with Gasteiger partial charge >= 0.3 is 5.97 Å². The van der Waals surface area contributed by atoms with Gasteiger partial charge in [0.2, 0.25) is 0 Å². The summed E-state index contributed by atoms with van der Waals surface area (Å²) >= 11 is 0. The van der Waals surface area contributed by atoms with Gasteiger partial charge in [-0.2, -0.15) is 0 Å². The monoisotopic (exact) mass is 250 g/mol. The van der Waals surface area contributed by atoms with Crippen molar-refractivity contribution < 1.29 is 14.5 Å². The Labute approximate surface area is 105 Å².